The number of aromatic nitrogens is 3. The molecule has 1 amide bonds. The van der Waals surface area contributed by atoms with Gasteiger partial charge in [-0.25, -0.2) is 9.78 Å². The molecule has 1 fully saturated rings. The quantitative estimate of drug-likeness (QED) is 0.690. The van der Waals surface area contributed by atoms with Gasteiger partial charge in [0.05, 0.1) is 37.7 Å². The summed E-state index contributed by atoms with van der Waals surface area (Å²) in [6.07, 6.45) is 1.20. The molecule has 0 radical (unpaired) electrons. The van der Waals surface area contributed by atoms with Gasteiger partial charge < -0.3 is 14.7 Å². The van der Waals surface area contributed by atoms with Gasteiger partial charge in [-0.05, 0) is 18.4 Å². The van der Waals surface area contributed by atoms with Gasteiger partial charge in [0.15, 0.2) is 6.04 Å². The molecule has 0 aromatic carbocycles. The van der Waals surface area contributed by atoms with Crippen LogP contribution in [0.2, 0.25) is 0 Å². The van der Waals surface area contributed by atoms with Crippen molar-refractivity contribution < 1.29 is 19.5 Å². The van der Waals surface area contributed by atoms with Gasteiger partial charge in [0.25, 0.3) is 0 Å². The molecule has 2 N–H and O–H groups in total. The van der Waals surface area contributed by atoms with E-state index in [0.717, 1.165) is 18.0 Å². The highest BCUT2D eigenvalue weighted by Crippen LogP contribution is 2.36. The Morgan fingerprint density at radius 1 is 1.46 bits per heavy atom. The van der Waals surface area contributed by atoms with Crippen LogP contribution in [-0.4, -0.2) is 63.5 Å². The molecule has 1 atom stereocenters. The van der Waals surface area contributed by atoms with Gasteiger partial charge in [0, 0.05) is 0 Å². The Morgan fingerprint density at radius 2 is 2.27 bits per heavy atom. The van der Waals surface area contributed by atoms with E-state index in [4.69, 9.17) is 4.74 Å². The van der Waals surface area contributed by atoms with Crippen LogP contribution in [0.1, 0.15) is 22.7 Å². The largest absolute Gasteiger partial charge is 0.492 e. The first-order valence-electron chi connectivity index (χ1n) is 8.50. The Labute approximate surface area is 158 Å². The lowest BCUT2D eigenvalue weighted by Gasteiger charge is -2.35. The topological polar surface area (TPSA) is 84.4 Å². The van der Waals surface area contributed by atoms with Crippen LogP contribution in [0.15, 0.2) is 23.8 Å². The first-order valence-corrected chi connectivity index (χ1v) is 10.2. The molecule has 0 aliphatic carbocycles. The molecule has 1 saturated heterocycles. The molecule has 4 rings (SSSR count). The minimum Gasteiger partial charge on any atom is -0.492 e. The summed E-state index contributed by atoms with van der Waals surface area (Å²) in [5.74, 6) is 0.154. The van der Waals surface area contributed by atoms with E-state index in [9.17, 15) is 9.90 Å². The number of nitrogens with one attached hydrogen (secondary N) is 1. The van der Waals surface area contributed by atoms with Crippen LogP contribution in [0.4, 0.5) is 4.79 Å². The lowest BCUT2D eigenvalue weighted by Crippen LogP contribution is -3.15. The molecule has 0 saturated carbocycles. The molecule has 1 aliphatic rings. The van der Waals surface area contributed by atoms with Crippen LogP contribution in [0, 0.1) is 0 Å². The van der Waals surface area contributed by atoms with Crippen LogP contribution >= 0.6 is 22.7 Å². The molecule has 138 valence electrons. The van der Waals surface area contributed by atoms with Crippen LogP contribution < -0.4 is 4.90 Å². The molecule has 8 nitrogen and oxygen atoms in total. The van der Waals surface area contributed by atoms with Crippen molar-refractivity contribution in [1.82, 2.24) is 19.5 Å². The smallest absolute Gasteiger partial charge is 0.410 e. The van der Waals surface area contributed by atoms with Gasteiger partial charge in [-0.3, -0.25) is 4.90 Å². The van der Waals surface area contributed by atoms with E-state index in [1.165, 1.54) is 32.0 Å². The van der Waals surface area contributed by atoms with Crippen molar-refractivity contribution in [2.75, 3.05) is 32.8 Å². The first kappa shape index (κ1) is 17.3. The number of amides is 1. The van der Waals surface area contributed by atoms with Gasteiger partial charge in [0.2, 0.25) is 10.8 Å². The first-order chi connectivity index (χ1) is 12.7. The maximum absolute atomic E-state index is 11.9. The molecule has 1 aliphatic heterocycles. The molecule has 10 heteroatoms. The summed E-state index contributed by atoms with van der Waals surface area (Å²) in [7, 11) is 0. The lowest BCUT2D eigenvalue weighted by molar-refractivity contribution is -0.928. The molecule has 3 aromatic heterocycles. The average Bonchev–Trinajstić information content (AvgIpc) is 3.37. The third-order valence-corrected chi connectivity index (χ3v) is 6.60. The van der Waals surface area contributed by atoms with Gasteiger partial charge >= 0.3 is 6.09 Å². The monoisotopic (exact) mass is 394 g/mol. The predicted octanol–water partition coefficient (Wildman–Crippen LogP) is 1.00. The summed E-state index contributed by atoms with van der Waals surface area (Å²) >= 11 is 3.14. The predicted molar refractivity (Wildman–Crippen MR) is 98.0 cm³/mol. The number of ether oxygens (including phenoxy) is 1. The Balaban J connectivity index is 1.60. The fourth-order valence-electron chi connectivity index (χ4n) is 3.33. The van der Waals surface area contributed by atoms with E-state index in [0.29, 0.717) is 24.7 Å². The SMILES string of the molecule is CCOC(=O)N1CC[NH+]([C@H](c2cccs2)c2sc3ncnn3c2O)CC1. The van der Waals surface area contributed by atoms with Crippen molar-refractivity contribution in [2.45, 2.75) is 13.0 Å². The number of piperazine rings is 1. The van der Waals surface area contributed by atoms with E-state index >= 15 is 0 Å². The molecule has 26 heavy (non-hydrogen) atoms. The minimum atomic E-state index is -0.249. The van der Waals surface area contributed by atoms with E-state index < -0.39 is 0 Å². The highest BCUT2D eigenvalue weighted by molar-refractivity contribution is 7.17. The summed E-state index contributed by atoms with van der Waals surface area (Å²) in [4.78, 5) is 21.9. The van der Waals surface area contributed by atoms with Crippen LogP contribution in [0.5, 0.6) is 5.88 Å². The zero-order valence-electron chi connectivity index (χ0n) is 14.3. The fraction of sp³-hybridized carbons (Fsp3) is 0.438. The summed E-state index contributed by atoms with van der Waals surface area (Å²) in [5.41, 5.74) is 0. The van der Waals surface area contributed by atoms with Gasteiger partial charge in [-0.2, -0.15) is 9.61 Å². The van der Waals surface area contributed by atoms with Gasteiger partial charge in [-0.15, -0.1) is 11.3 Å². The zero-order chi connectivity index (χ0) is 18.1. The van der Waals surface area contributed by atoms with Crippen LogP contribution in [0.25, 0.3) is 4.96 Å². The molecule has 0 spiro atoms. The number of thiazole rings is 1. The maximum atomic E-state index is 11.9. The van der Waals surface area contributed by atoms with Crippen molar-refractivity contribution in [2.24, 2.45) is 0 Å². The second-order valence-electron chi connectivity index (χ2n) is 6.04. The van der Waals surface area contributed by atoms with Gasteiger partial charge in [-0.1, -0.05) is 17.4 Å². The third kappa shape index (κ3) is 3.04. The molecule has 0 bridgehead atoms. The second-order valence-corrected chi connectivity index (χ2v) is 8.03. The number of carbonyl (C=O) groups is 1. The number of thiophene rings is 1. The Bertz CT molecular complexity index is 883. The van der Waals surface area contributed by atoms with Crippen molar-refractivity contribution in [3.8, 4) is 5.88 Å². The summed E-state index contributed by atoms with van der Waals surface area (Å²) in [6, 6.07) is 4.12. The van der Waals surface area contributed by atoms with E-state index in [1.807, 2.05) is 18.4 Å². The van der Waals surface area contributed by atoms with Crippen molar-refractivity contribution >= 4 is 33.7 Å². The number of hydrogen-bond acceptors (Lipinski definition) is 7. The lowest BCUT2D eigenvalue weighted by atomic mass is 10.1. The van der Waals surface area contributed by atoms with Crippen molar-refractivity contribution in [1.29, 1.82) is 0 Å². The van der Waals surface area contributed by atoms with Crippen molar-refractivity contribution in [3.05, 3.63) is 33.6 Å². The van der Waals surface area contributed by atoms with E-state index in [2.05, 4.69) is 16.1 Å². The summed E-state index contributed by atoms with van der Waals surface area (Å²) < 4.78 is 6.59. The Hall–Kier alpha value is -2.17. The maximum Gasteiger partial charge on any atom is 0.410 e. The molecule has 4 heterocycles. The Morgan fingerprint density at radius 3 is 2.92 bits per heavy atom. The number of carbonyl (C=O) groups excluding carboxylic acids is 1. The standard InChI is InChI=1S/C16H19N5O3S2/c1-2-24-16(23)20-7-5-19(6-8-20)12(11-4-3-9-25-11)13-14(22)21-15(26-13)17-10-18-21/h3-4,9-10,12,22H,2,5-8H2,1H3/p+1/t12-/m1/s1. The number of quaternary nitrogens is 1. The van der Waals surface area contributed by atoms with E-state index in [1.54, 1.807) is 16.2 Å². The summed E-state index contributed by atoms with van der Waals surface area (Å²) in [6.45, 7) is 5.05. The van der Waals surface area contributed by atoms with Crippen molar-refractivity contribution in [3.63, 3.8) is 0 Å². The third-order valence-electron chi connectivity index (χ3n) is 4.57. The number of nitrogens with zero attached hydrogens (tertiary/aromatic N) is 4. The Kier molecular flexibility index (Phi) is 4.79. The number of aromatic hydroxyl groups is 1. The molecule has 3 aromatic rings. The minimum absolute atomic E-state index is 0.00726. The van der Waals surface area contributed by atoms with Gasteiger partial charge in [0.1, 0.15) is 11.2 Å². The molecular formula is C16H20N5O3S2+. The zero-order valence-corrected chi connectivity index (χ0v) is 15.9. The summed E-state index contributed by atoms with van der Waals surface area (Å²) in [5, 5.41) is 16.8. The number of fused-ring (bicyclic) bond motifs is 1. The molecular weight excluding hydrogens is 374 g/mol. The highest BCUT2D eigenvalue weighted by Gasteiger charge is 2.36. The molecule has 0 unspecified atom stereocenters. The fourth-order valence-corrected chi connectivity index (χ4v) is 5.41. The van der Waals surface area contributed by atoms with E-state index in [-0.39, 0.29) is 18.0 Å². The van der Waals surface area contributed by atoms with Crippen LogP contribution in [-0.2, 0) is 4.74 Å². The van der Waals surface area contributed by atoms with Crippen LogP contribution in [0.3, 0.4) is 0 Å². The average molecular weight is 395 g/mol. The second kappa shape index (κ2) is 7.22. The highest BCUT2D eigenvalue weighted by atomic mass is 32.1. The number of hydrogen-bond donors (Lipinski definition) is 2. The normalized spacial score (nSPS) is 16.9. The number of rotatable bonds is 4.